The quantitative estimate of drug-likeness (QED) is 0.635. The molecule has 4 rings (SSSR count). The van der Waals surface area contributed by atoms with Crippen LogP contribution >= 0.6 is 0 Å². The molecule has 2 aromatic heterocycles. The maximum Gasteiger partial charge on any atom is 0.274 e. The second-order valence-corrected chi connectivity index (χ2v) is 9.39. The number of halogens is 1. The van der Waals surface area contributed by atoms with Gasteiger partial charge in [0.2, 0.25) is 15.0 Å². The number of rotatable bonds is 4. The third-order valence-electron chi connectivity index (χ3n) is 5.28. The predicted octanol–water partition coefficient (Wildman–Crippen LogP) is 2.22. The number of imidazole rings is 1. The van der Waals surface area contributed by atoms with E-state index in [0.717, 1.165) is 19.2 Å². The smallest absolute Gasteiger partial charge is 0.274 e. The molecule has 0 aliphatic carbocycles. The van der Waals surface area contributed by atoms with E-state index in [0.29, 0.717) is 37.3 Å². The molecule has 0 radical (unpaired) electrons. The molecule has 0 unspecified atom stereocenters. The third kappa shape index (κ3) is 4.08. The fraction of sp³-hybridized carbons (Fsp3) is 0.333. The number of hydrogen-bond acceptors (Lipinski definition) is 5. The van der Waals surface area contributed by atoms with Crippen LogP contribution in [0.5, 0.6) is 0 Å². The van der Waals surface area contributed by atoms with Crippen molar-refractivity contribution in [1.29, 1.82) is 0 Å². The van der Waals surface area contributed by atoms with Gasteiger partial charge in [-0.05, 0) is 24.6 Å². The number of amides is 1. The maximum atomic E-state index is 14.0. The van der Waals surface area contributed by atoms with Crippen LogP contribution in [0.15, 0.2) is 53.8 Å². The minimum atomic E-state index is -3.59. The highest BCUT2D eigenvalue weighted by Crippen LogP contribution is 2.20. The third-order valence-corrected chi connectivity index (χ3v) is 6.23. The Hall–Kier alpha value is -2.78. The Morgan fingerprint density at radius 1 is 1.07 bits per heavy atom. The van der Waals surface area contributed by atoms with E-state index in [1.165, 1.54) is 10.5 Å². The van der Waals surface area contributed by atoms with Gasteiger partial charge in [0.25, 0.3) is 5.91 Å². The molecule has 0 bridgehead atoms. The van der Waals surface area contributed by atoms with E-state index in [-0.39, 0.29) is 22.6 Å². The highest BCUT2D eigenvalue weighted by molar-refractivity contribution is 7.90. The molecular formula is C21H23FN4O3S. The van der Waals surface area contributed by atoms with E-state index in [1.807, 2.05) is 6.07 Å². The molecular weight excluding hydrogens is 407 g/mol. The van der Waals surface area contributed by atoms with E-state index in [2.05, 4.69) is 9.88 Å². The zero-order valence-electron chi connectivity index (χ0n) is 16.7. The van der Waals surface area contributed by atoms with E-state index < -0.39 is 9.84 Å². The van der Waals surface area contributed by atoms with Crippen molar-refractivity contribution in [2.45, 2.75) is 18.1 Å². The Bertz CT molecular complexity index is 1190. The molecule has 9 heteroatoms. The lowest BCUT2D eigenvalue weighted by atomic mass is 10.2. The molecule has 0 saturated carbocycles. The van der Waals surface area contributed by atoms with Crippen LogP contribution in [-0.4, -0.2) is 65.9 Å². The van der Waals surface area contributed by atoms with Gasteiger partial charge in [-0.25, -0.2) is 17.8 Å². The lowest BCUT2D eigenvalue weighted by Gasteiger charge is -2.21. The second kappa shape index (κ2) is 8.16. The lowest BCUT2D eigenvalue weighted by molar-refractivity contribution is 0.0757. The Morgan fingerprint density at radius 2 is 1.83 bits per heavy atom. The molecule has 30 heavy (non-hydrogen) atoms. The lowest BCUT2D eigenvalue weighted by Crippen LogP contribution is -2.35. The summed E-state index contributed by atoms with van der Waals surface area (Å²) >= 11 is 0. The minimum absolute atomic E-state index is 0.138. The summed E-state index contributed by atoms with van der Waals surface area (Å²) in [5.74, 6) is -0.520. The Morgan fingerprint density at radius 3 is 2.60 bits per heavy atom. The van der Waals surface area contributed by atoms with Crippen LogP contribution in [0, 0.1) is 5.82 Å². The largest absolute Gasteiger partial charge is 0.336 e. The van der Waals surface area contributed by atoms with Crippen molar-refractivity contribution in [1.82, 2.24) is 19.2 Å². The van der Waals surface area contributed by atoms with Crippen LogP contribution in [0.25, 0.3) is 5.52 Å². The summed E-state index contributed by atoms with van der Waals surface area (Å²) < 4.78 is 39.6. The topological polar surface area (TPSA) is 75.0 Å². The number of fused-ring (bicyclic) bond motifs is 1. The molecule has 0 N–H and O–H groups in total. The molecule has 0 spiro atoms. The Labute approximate surface area is 174 Å². The van der Waals surface area contributed by atoms with Crippen molar-refractivity contribution in [2.75, 3.05) is 32.4 Å². The van der Waals surface area contributed by atoms with Crippen molar-refractivity contribution >= 4 is 21.3 Å². The van der Waals surface area contributed by atoms with Crippen LogP contribution < -0.4 is 0 Å². The molecule has 1 saturated heterocycles. The molecule has 1 aromatic carbocycles. The van der Waals surface area contributed by atoms with Crippen LogP contribution in [0.3, 0.4) is 0 Å². The molecule has 3 heterocycles. The number of aromatic nitrogens is 2. The Kier molecular flexibility index (Phi) is 5.57. The fourth-order valence-electron chi connectivity index (χ4n) is 3.78. The first-order valence-electron chi connectivity index (χ1n) is 9.77. The van der Waals surface area contributed by atoms with E-state index >= 15 is 0 Å². The van der Waals surface area contributed by atoms with Gasteiger partial charge >= 0.3 is 0 Å². The van der Waals surface area contributed by atoms with Crippen molar-refractivity contribution in [3.05, 3.63) is 65.7 Å². The summed E-state index contributed by atoms with van der Waals surface area (Å²) in [4.78, 5) is 21.2. The zero-order valence-corrected chi connectivity index (χ0v) is 17.5. The van der Waals surface area contributed by atoms with E-state index in [4.69, 9.17) is 0 Å². The molecule has 0 atom stereocenters. The molecule has 1 amide bonds. The van der Waals surface area contributed by atoms with Crippen LogP contribution in [-0.2, 0) is 16.4 Å². The molecule has 1 fully saturated rings. The first kappa shape index (κ1) is 20.5. The van der Waals surface area contributed by atoms with Gasteiger partial charge < -0.3 is 4.90 Å². The second-order valence-electron chi connectivity index (χ2n) is 7.48. The monoisotopic (exact) mass is 430 g/mol. The van der Waals surface area contributed by atoms with Gasteiger partial charge in [-0.15, -0.1) is 0 Å². The highest BCUT2D eigenvalue weighted by atomic mass is 32.2. The summed E-state index contributed by atoms with van der Waals surface area (Å²) in [6.45, 7) is 2.84. The molecule has 158 valence electrons. The van der Waals surface area contributed by atoms with E-state index in [9.17, 15) is 17.6 Å². The van der Waals surface area contributed by atoms with Gasteiger partial charge in [-0.2, -0.15) is 0 Å². The number of nitrogens with zero attached hydrogens (tertiary/aromatic N) is 4. The van der Waals surface area contributed by atoms with Crippen molar-refractivity contribution in [2.24, 2.45) is 0 Å². The summed E-state index contributed by atoms with van der Waals surface area (Å²) in [6, 6.07) is 11.8. The number of pyridine rings is 1. The standard InChI is InChI=1S/C21H23FN4O3S/c1-30(28,29)21-23-19(18-9-4-5-12-26(18)21)20(27)25-11-6-10-24(13-14-25)15-16-7-2-3-8-17(16)22/h2-5,7-9,12H,6,10-11,13-15H2,1H3. The van der Waals surface area contributed by atoms with Crippen LogP contribution in [0.1, 0.15) is 22.5 Å². The first-order chi connectivity index (χ1) is 14.3. The SMILES string of the molecule is CS(=O)(=O)c1nc(C(=O)N2CCCN(Cc3ccccc3F)CC2)c2ccccn12. The van der Waals surface area contributed by atoms with Gasteiger partial charge in [0.15, 0.2) is 5.69 Å². The van der Waals surface area contributed by atoms with Gasteiger partial charge in [0.1, 0.15) is 5.82 Å². The predicted molar refractivity (Wildman–Crippen MR) is 110 cm³/mol. The van der Waals surface area contributed by atoms with Crippen LogP contribution in [0.2, 0.25) is 0 Å². The molecule has 1 aliphatic heterocycles. The minimum Gasteiger partial charge on any atom is -0.336 e. The number of carbonyl (C=O) groups is 1. The average molecular weight is 431 g/mol. The fourth-order valence-corrected chi connectivity index (χ4v) is 4.55. The first-order valence-corrected chi connectivity index (χ1v) is 11.7. The van der Waals surface area contributed by atoms with Gasteiger partial charge in [-0.3, -0.25) is 14.1 Å². The summed E-state index contributed by atoms with van der Waals surface area (Å²) in [5, 5.41) is -0.141. The molecule has 3 aromatic rings. The van der Waals surface area contributed by atoms with Gasteiger partial charge in [-0.1, -0.05) is 24.3 Å². The van der Waals surface area contributed by atoms with Gasteiger partial charge in [0.05, 0.1) is 5.52 Å². The van der Waals surface area contributed by atoms with E-state index in [1.54, 1.807) is 41.4 Å². The molecule has 1 aliphatic rings. The number of carbonyl (C=O) groups excluding carboxylic acids is 1. The average Bonchev–Trinajstić information content (AvgIpc) is 2.96. The number of hydrogen-bond donors (Lipinski definition) is 0. The van der Waals surface area contributed by atoms with Crippen LogP contribution in [0.4, 0.5) is 4.39 Å². The number of benzene rings is 1. The normalized spacial score (nSPS) is 16.0. The zero-order chi connectivity index (χ0) is 21.3. The van der Waals surface area contributed by atoms with Crippen molar-refractivity contribution < 1.29 is 17.6 Å². The number of sulfone groups is 1. The summed E-state index contributed by atoms with van der Waals surface area (Å²) in [6.07, 6.45) is 3.41. The highest BCUT2D eigenvalue weighted by Gasteiger charge is 2.27. The van der Waals surface area contributed by atoms with Gasteiger partial charge in [0, 0.05) is 50.7 Å². The summed E-state index contributed by atoms with van der Waals surface area (Å²) in [5.41, 5.74) is 1.24. The van der Waals surface area contributed by atoms with Crippen molar-refractivity contribution in [3.63, 3.8) is 0 Å². The molecule has 7 nitrogen and oxygen atoms in total. The Balaban J connectivity index is 1.54. The van der Waals surface area contributed by atoms with Crippen molar-refractivity contribution in [3.8, 4) is 0 Å². The summed E-state index contributed by atoms with van der Waals surface area (Å²) in [7, 11) is -3.59. The maximum absolute atomic E-state index is 14.0.